The zero-order valence-electron chi connectivity index (χ0n) is 15.2. The lowest BCUT2D eigenvalue weighted by Crippen LogP contribution is -2.30. The normalized spacial score (nSPS) is 14.1. The molecule has 3 aromatic rings. The van der Waals surface area contributed by atoms with Crippen LogP contribution in [0.25, 0.3) is 11.1 Å². The highest BCUT2D eigenvalue weighted by Crippen LogP contribution is 2.46. The van der Waals surface area contributed by atoms with Crippen molar-refractivity contribution < 1.29 is 5.11 Å². The quantitative estimate of drug-likeness (QED) is 0.511. The topological polar surface area (TPSA) is 20.2 Å². The first-order chi connectivity index (χ1) is 12.5. The van der Waals surface area contributed by atoms with Crippen LogP contribution in [0.2, 0.25) is 13.1 Å². The highest BCUT2D eigenvalue weighted by Gasteiger charge is 2.40. The molecule has 0 unspecified atom stereocenters. The van der Waals surface area contributed by atoms with Gasteiger partial charge in [0.25, 0.3) is 0 Å². The van der Waals surface area contributed by atoms with E-state index in [9.17, 15) is 5.11 Å². The lowest BCUT2D eigenvalue weighted by molar-refractivity contribution is 0.150. The maximum absolute atomic E-state index is 11.6. The summed E-state index contributed by atoms with van der Waals surface area (Å²) in [4.78, 5) is 0. The lowest BCUT2D eigenvalue weighted by atomic mass is 9.93. The Morgan fingerprint density at radius 1 is 0.769 bits per heavy atom. The summed E-state index contributed by atoms with van der Waals surface area (Å²) in [5, 5.41) is 11.6. The molecular weight excluding hydrogens is 332 g/mol. The predicted octanol–water partition coefficient (Wildman–Crippen LogP) is 4.94. The molecule has 26 heavy (non-hydrogen) atoms. The van der Waals surface area contributed by atoms with E-state index in [1.54, 1.807) is 0 Å². The van der Waals surface area contributed by atoms with Gasteiger partial charge in [0.15, 0.2) is 5.60 Å². The van der Waals surface area contributed by atoms with E-state index in [1.807, 2.05) is 42.5 Å². The van der Waals surface area contributed by atoms with Crippen LogP contribution < -0.4 is 0 Å². The second-order valence-corrected chi connectivity index (χ2v) is 12.0. The van der Waals surface area contributed by atoms with Crippen LogP contribution in [0.4, 0.5) is 0 Å². The molecule has 0 fully saturated rings. The van der Waals surface area contributed by atoms with Gasteiger partial charge in [-0.3, -0.25) is 0 Å². The Hall–Kier alpha value is -2.60. The Kier molecular flexibility index (Phi) is 4.07. The van der Waals surface area contributed by atoms with Crippen molar-refractivity contribution in [2.45, 2.75) is 24.7 Å². The van der Waals surface area contributed by atoms with Gasteiger partial charge in [-0.15, -0.1) is 5.54 Å². The van der Waals surface area contributed by atoms with E-state index in [1.165, 1.54) is 5.56 Å². The van der Waals surface area contributed by atoms with Gasteiger partial charge >= 0.3 is 0 Å². The molecular formula is C24H22OSi. The first kappa shape index (κ1) is 16.8. The number of benzene rings is 3. The minimum absolute atomic E-state index is 0.901. The summed E-state index contributed by atoms with van der Waals surface area (Å²) in [6.45, 7) is 4.53. The number of rotatable bonds is 2. The summed E-state index contributed by atoms with van der Waals surface area (Å²) < 4.78 is 0. The highest BCUT2D eigenvalue weighted by atomic mass is 28.3. The van der Waals surface area contributed by atoms with E-state index < -0.39 is 13.7 Å². The minimum atomic E-state index is -1.82. The molecule has 1 N–H and O–H groups in total. The SMILES string of the molecule is C[Si](C)(C#CC1(O)c2ccccc2-c2ccccc21)Cc1ccccc1. The molecule has 0 saturated heterocycles. The van der Waals surface area contributed by atoms with Gasteiger partial charge in [-0.25, -0.2) is 0 Å². The molecule has 3 aromatic carbocycles. The fraction of sp³-hybridized carbons (Fsp3) is 0.167. The maximum Gasteiger partial charge on any atom is 0.177 e. The average Bonchev–Trinajstić information content (AvgIpc) is 2.91. The van der Waals surface area contributed by atoms with Gasteiger partial charge in [-0.1, -0.05) is 97.9 Å². The summed E-state index contributed by atoms with van der Waals surface area (Å²) in [5.74, 6) is 3.30. The monoisotopic (exact) mass is 354 g/mol. The Morgan fingerprint density at radius 3 is 1.85 bits per heavy atom. The molecule has 0 amide bonds. The van der Waals surface area contributed by atoms with Crippen molar-refractivity contribution in [1.82, 2.24) is 0 Å². The van der Waals surface area contributed by atoms with E-state index >= 15 is 0 Å². The lowest BCUT2D eigenvalue weighted by Gasteiger charge is -2.21. The Balaban J connectivity index is 1.76. The van der Waals surface area contributed by atoms with Crippen molar-refractivity contribution in [3.63, 3.8) is 0 Å². The molecule has 1 nitrogen and oxygen atoms in total. The van der Waals surface area contributed by atoms with Crippen molar-refractivity contribution in [3.8, 4) is 22.6 Å². The summed E-state index contributed by atoms with van der Waals surface area (Å²) in [6.07, 6.45) is 0. The number of aliphatic hydroxyl groups is 1. The number of hydrogen-bond acceptors (Lipinski definition) is 1. The average molecular weight is 355 g/mol. The molecule has 0 radical (unpaired) electrons. The van der Waals surface area contributed by atoms with Crippen molar-refractivity contribution in [2.75, 3.05) is 0 Å². The maximum atomic E-state index is 11.6. The van der Waals surface area contributed by atoms with Crippen LogP contribution in [0, 0.1) is 11.5 Å². The summed E-state index contributed by atoms with van der Waals surface area (Å²) in [7, 11) is -1.82. The van der Waals surface area contributed by atoms with Crippen LogP contribution in [0.1, 0.15) is 16.7 Å². The Bertz CT molecular complexity index is 963. The molecule has 0 atom stereocenters. The smallest absolute Gasteiger partial charge is 0.177 e. The molecule has 0 aromatic heterocycles. The van der Waals surface area contributed by atoms with Gasteiger partial charge in [-0.05, 0) is 22.7 Å². The molecule has 1 aliphatic rings. The van der Waals surface area contributed by atoms with Gasteiger partial charge in [0, 0.05) is 11.1 Å². The van der Waals surface area contributed by atoms with Gasteiger partial charge in [-0.2, -0.15) is 0 Å². The van der Waals surface area contributed by atoms with E-state index in [-0.39, 0.29) is 0 Å². The molecule has 0 saturated carbocycles. The summed E-state index contributed by atoms with van der Waals surface area (Å²) in [6, 6.07) is 27.6. The zero-order valence-corrected chi connectivity index (χ0v) is 16.2. The Labute approximate surface area is 156 Å². The first-order valence-electron chi connectivity index (χ1n) is 9.00. The molecule has 0 spiro atoms. The molecule has 0 bridgehead atoms. The number of hydrogen-bond donors (Lipinski definition) is 1. The van der Waals surface area contributed by atoms with Crippen LogP contribution >= 0.6 is 0 Å². The fourth-order valence-corrected chi connectivity index (χ4v) is 5.62. The second kappa shape index (κ2) is 6.28. The van der Waals surface area contributed by atoms with Crippen LogP contribution in [0.15, 0.2) is 78.9 Å². The van der Waals surface area contributed by atoms with Gasteiger partial charge in [0.1, 0.15) is 8.07 Å². The molecule has 128 valence electrons. The van der Waals surface area contributed by atoms with E-state index in [0.29, 0.717) is 0 Å². The molecule has 0 aliphatic heterocycles. The third kappa shape index (κ3) is 2.90. The van der Waals surface area contributed by atoms with Crippen LogP contribution in [0.5, 0.6) is 0 Å². The van der Waals surface area contributed by atoms with Crippen molar-refractivity contribution in [3.05, 3.63) is 95.6 Å². The summed E-state index contributed by atoms with van der Waals surface area (Å²) in [5.41, 5.74) is 7.59. The van der Waals surface area contributed by atoms with Crippen molar-refractivity contribution >= 4 is 8.07 Å². The molecule has 1 aliphatic carbocycles. The third-order valence-electron chi connectivity index (χ3n) is 4.99. The number of fused-ring (bicyclic) bond motifs is 3. The largest absolute Gasteiger partial charge is 0.369 e. The van der Waals surface area contributed by atoms with Crippen LogP contribution in [0.3, 0.4) is 0 Å². The Morgan fingerprint density at radius 2 is 1.27 bits per heavy atom. The third-order valence-corrected chi connectivity index (χ3v) is 7.09. The zero-order chi connectivity index (χ0) is 18.2. The van der Waals surface area contributed by atoms with Gasteiger partial charge in [0.2, 0.25) is 0 Å². The van der Waals surface area contributed by atoms with Crippen LogP contribution in [-0.4, -0.2) is 13.2 Å². The standard InChI is InChI=1S/C24H22OSi/c1-26(2,18-19-10-4-3-5-11-19)17-16-24(25)22-14-8-6-12-20(22)21-13-7-9-15-23(21)24/h3-15,25H,18H2,1-2H3. The minimum Gasteiger partial charge on any atom is -0.369 e. The highest BCUT2D eigenvalue weighted by molar-refractivity contribution is 6.84. The molecule has 4 rings (SSSR count). The second-order valence-electron chi connectivity index (χ2n) is 7.60. The fourth-order valence-electron chi connectivity index (χ4n) is 3.76. The van der Waals surface area contributed by atoms with Crippen molar-refractivity contribution in [1.29, 1.82) is 0 Å². The predicted molar refractivity (Wildman–Crippen MR) is 110 cm³/mol. The van der Waals surface area contributed by atoms with E-state index in [0.717, 1.165) is 28.3 Å². The van der Waals surface area contributed by atoms with Crippen molar-refractivity contribution in [2.24, 2.45) is 0 Å². The first-order valence-corrected chi connectivity index (χ1v) is 12.2. The molecule has 2 heteroatoms. The van der Waals surface area contributed by atoms with Crippen LogP contribution in [-0.2, 0) is 11.6 Å². The molecule has 0 heterocycles. The summed E-state index contributed by atoms with van der Waals surface area (Å²) >= 11 is 0. The van der Waals surface area contributed by atoms with Gasteiger partial charge < -0.3 is 5.11 Å². The van der Waals surface area contributed by atoms with Gasteiger partial charge in [0.05, 0.1) is 0 Å². The van der Waals surface area contributed by atoms with E-state index in [2.05, 4.69) is 61.0 Å². The van der Waals surface area contributed by atoms with E-state index in [4.69, 9.17) is 0 Å².